The largest absolute Gasteiger partial charge is 0.320 e. The van der Waals surface area contributed by atoms with E-state index in [0.29, 0.717) is 0 Å². The van der Waals surface area contributed by atoms with E-state index >= 15 is 0 Å². The average Bonchev–Trinajstić information content (AvgIpc) is 2.92. The summed E-state index contributed by atoms with van der Waals surface area (Å²) in [5.74, 6) is 2.13. The van der Waals surface area contributed by atoms with Gasteiger partial charge < -0.3 is 10.6 Å². The van der Waals surface area contributed by atoms with Crippen molar-refractivity contribution in [2.24, 2.45) is 11.8 Å². The first-order valence-corrected chi connectivity index (χ1v) is 6.23. The van der Waals surface area contributed by atoms with Crippen molar-refractivity contribution < 1.29 is 0 Å². The molecule has 0 aromatic heterocycles. The summed E-state index contributed by atoms with van der Waals surface area (Å²) in [4.78, 5) is 0. The van der Waals surface area contributed by atoms with Crippen LogP contribution >= 0.6 is 0 Å². The Bertz CT molecular complexity index is 136. The van der Waals surface area contributed by atoms with Crippen LogP contribution in [0, 0.1) is 11.8 Å². The summed E-state index contributed by atoms with van der Waals surface area (Å²) < 4.78 is 0. The molecule has 0 aliphatic heterocycles. The minimum atomic E-state index is 1.06. The highest BCUT2D eigenvalue weighted by atomic mass is 14.8. The van der Waals surface area contributed by atoms with Crippen molar-refractivity contribution in [1.29, 1.82) is 0 Å². The lowest BCUT2D eigenvalue weighted by atomic mass is 10.1. The Hall–Kier alpha value is -0.0800. The second-order valence-corrected chi connectivity index (χ2v) is 4.50. The Kier molecular flexibility index (Phi) is 6.20. The number of rotatable bonds is 9. The van der Waals surface area contributed by atoms with E-state index in [1.807, 2.05) is 7.05 Å². The molecule has 0 amide bonds. The van der Waals surface area contributed by atoms with E-state index < -0.39 is 0 Å². The molecule has 2 N–H and O–H groups in total. The lowest BCUT2D eigenvalue weighted by Gasteiger charge is -2.01. The lowest BCUT2D eigenvalue weighted by Crippen LogP contribution is -2.14. The van der Waals surface area contributed by atoms with Crippen LogP contribution in [0.5, 0.6) is 0 Å². The minimum Gasteiger partial charge on any atom is -0.320 e. The molecule has 2 nitrogen and oxygen atoms in total. The molecule has 14 heavy (non-hydrogen) atoms. The molecule has 1 aliphatic carbocycles. The third-order valence-electron chi connectivity index (χ3n) is 3.26. The predicted molar refractivity (Wildman–Crippen MR) is 62.5 cm³/mol. The predicted octanol–water partition coefficient (Wildman–Crippen LogP) is 2.01. The fraction of sp³-hybridized carbons (Fsp3) is 1.00. The first kappa shape index (κ1) is 12.0. The molecule has 0 radical (unpaired) electrons. The SMILES string of the molecule is CCNCCC1CC1CCCCNC. The van der Waals surface area contributed by atoms with Crippen LogP contribution in [0.15, 0.2) is 0 Å². The molecular formula is C12H26N2. The Balaban J connectivity index is 1.82. The van der Waals surface area contributed by atoms with Gasteiger partial charge in [0.05, 0.1) is 0 Å². The van der Waals surface area contributed by atoms with Crippen LogP contribution in [0.3, 0.4) is 0 Å². The third-order valence-corrected chi connectivity index (χ3v) is 3.26. The van der Waals surface area contributed by atoms with Crippen LogP contribution in [-0.4, -0.2) is 26.7 Å². The van der Waals surface area contributed by atoms with Crippen molar-refractivity contribution in [2.45, 2.75) is 39.0 Å². The van der Waals surface area contributed by atoms with Gasteiger partial charge in [-0.25, -0.2) is 0 Å². The molecule has 1 aliphatic rings. The highest BCUT2D eigenvalue weighted by Gasteiger charge is 2.34. The van der Waals surface area contributed by atoms with Crippen molar-refractivity contribution in [3.05, 3.63) is 0 Å². The lowest BCUT2D eigenvalue weighted by molar-refractivity contribution is 0.543. The first-order valence-electron chi connectivity index (χ1n) is 6.23. The van der Waals surface area contributed by atoms with Crippen LogP contribution in [0.2, 0.25) is 0 Å². The molecule has 84 valence electrons. The van der Waals surface area contributed by atoms with Crippen LogP contribution in [0.25, 0.3) is 0 Å². The topological polar surface area (TPSA) is 24.1 Å². The van der Waals surface area contributed by atoms with Crippen molar-refractivity contribution in [3.8, 4) is 0 Å². The van der Waals surface area contributed by atoms with Gasteiger partial charge in [0.1, 0.15) is 0 Å². The monoisotopic (exact) mass is 198 g/mol. The van der Waals surface area contributed by atoms with Gasteiger partial charge in [-0.05, 0) is 57.8 Å². The summed E-state index contributed by atoms with van der Waals surface area (Å²) >= 11 is 0. The van der Waals surface area contributed by atoms with Gasteiger partial charge in [0.15, 0.2) is 0 Å². The van der Waals surface area contributed by atoms with Crippen molar-refractivity contribution in [3.63, 3.8) is 0 Å². The zero-order valence-electron chi connectivity index (χ0n) is 9.81. The van der Waals surface area contributed by atoms with Crippen molar-refractivity contribution >= 4 is 0 Å². The Labute approximate surface area is 88.8 Å². The van der Waals surface area contributed by atoms with E-state index in [-0.39, 0.29) is 0 Å². The fourth-order valence-corrected chi connectivity index (χ4v) is 2.19. The molecule has 0 aromatic carbocycles. The van der Waals surface area contributed by atoms with Crippen LogP contribution in [0.1, 0.15) is 39.0 Å². The molecular weight excluding hydrogens is 172 g/mol. The standard InChI is InChI=1S/C12H26N2/c1-3-14-9-7-12-10-11(12)6-4-5-8-13-2/h11-14H,3-10H2,1-2H3. The maximum Gasteiger partial charge on any atom is -0.00463 e. The fourth-order valence-electron chi connectivity index (χ4n) is 2.19. The second-order valence-electron chi connectivity index (χ2n) is 4.50. The van der Waals surface area contributed by atoms with Crippen LogP contribution in [0.4, 0.5) is 0 Å². The van der Waals surface area contributed by atoms with Crippen molar-refractivity contribution in [2.75, 3.05) is 26.7 Å². The molecule has 0 bridgehead atoms. The van der Waals surface area contributed by atoms with E-state index in [4.69, 9.17) is 0 Å². The van der Waals surface area contributed by atoms with E-state index in [2.05, 4.69) is 17.6 Å². The van der Waals surface area contributed by atoms with Gasteiger partial charge in [-0.3, -0.25) is 0 Å². The number of unbranched alkanes of at least 4 members (excludes halogenated alkanes) is 1. The summed E-state index contributed by atoms with van der Waals surface area (Å²) in [5.41, 5.74) is 0. The quantitative estimate of drug-likeness (QED) is 0.554. The summed E-state index contributed by atoms with van der Waals surface area (Å²) in [6.07, 6.45) is 7.16. The molecule has 0 heterocycles. The second kappa shape index (κ2) is 7.24. The van der Waals surface area contributed by atoms with E-state index in [1.54, 1.807) is 0 Å². The van der Waals surface area contributed by atoms with Crippen molar-refractivity contribution in [1.82, 2.24) is 10.6 Å². The van der Waals surface area contributed by atoms with Gasteiger partial charge >= 0.3 is 0 Å². The van der Waals surface area contributed by atoms with Gasteiger partial charge in [-0.15, -0.1) is 0 Å². The first-order chi connectivity index (χ1) is 6.88. The molecule has 1 saturated carbocycles. The Morgan fingerprint density at radius 2 is 1.86 bits per heavy atom. The Morgan fingerprint density at radius 3 is 2.57 bits per heavy atom. The molecule has 2 atom stereocenters. The van der Waals surface area contributed by atoms with Gasteiger partial charge in [-0.2, -0.15) is 0 Å². The molecule has 1 rings (SSSR count). The molecule has 0 spiro atoms. The average molecular weight is 198 g/mol. The number of hydrogen-bond acceptors (Lipinski definition) is 2. The third kappa shape index (κ3) is 4.97. The summed E-state index contributed by atoms with van der Waals surface area (Å²) in [5, 5.41) is 6.61. The zero-order chi connectivity index (χ0) is 10.2. The van der Waals surface area contributed by atoms with Crippen LogP contribution in [-0.2, 0) is 0 Å². The normalized spacial score (nSPS) is 25.3. The highest BCUT2D eigenvalue weighted by Crippen LogP contribution is 2.44. The van der Waals surface area contributed by atoms with Gasteiger partial charge in [0.25, 0.3) is 0 Å². The molecule has 0 aromatic rings. The zero-order valence-corrected chi connectivity index (χ0v) is 9.81. The summed E-state index contributed by atoms with van der Waals surface area (Å²) in [7, 11) is 2.04. The summed E-state index contributed by atoms with van der Waals surface area (Å²) in [6.45, 7) is 5.73. The summed E-state index contributed by atoms with van der Waals surface area (Å²) in [6, 6.07) is 0. The van der Waals surface area contributed by atoms with E-state index in [0.717, 1.165) is 18.4 Å². The van der Waals surface area contributed by atoms with Gasteiger partial charge in [-0.1, -0.05) is 19.8 Å². The van der Waals surface area contributed by atoms with Gasteiger partial charge in [0, 0.05) is 0 Å². The van der Waals surface area contributed by atoms with Crippen LogP contribution < -0.4 is 10.6 Å². The Morgan fingerprint density at radius 1 is 1.07 bits per heavy atom. The maximum atomic E-state index is 3.41. The molecule has 2 unspecified atom stereocenters. The van der Waals surface area contributed by atoms with E-state index in [1.165, 1.54) is 45.2 Å². The van der Waals surface area contributed by atoms with Gasteiger partial charge in [0.2, 0.25) is 0 Å². The van der Waals surface area contributed by atoms with E-state index in [9.17, 15) is 0 Å². The molecule has 1 fully saturated rings. The minimum absolute atomic E-state index is 1.06. The molecule has 2 heteroatoms. The molecule has 0 saturated heterocycles. The maximum absolute atomic E-state index is 3.41. The number of hydrogen-bond donors (Lipinski definition) is 2. The smallest absolute Gasteiger partial charge is 0.00463 e. The number of nitrogens with one attached hydrogen (secondary N) is 2. The highest BCUT2D eigenvalue weighted by molar-refractivity contribution is 4.86.